The van der Waals surface area contributed by atoms with Gasteiger partial charge in [0.25, 0.3) is 0 Å². The number of thiol groups is 1. The predicted octanol–water partition coefficient (Wildman–Crippen LogP) is 4.38. The van der Waals surface area contributed by atoms with Gasteiger partial charge in [0.15, 0.2) is 6.10 Å². The fourth-order valence-electron chi connectivity index (χ4n) is 3.62. The van der Waals surface area contributed by atoms with Crippen molar-refractivity contribution in [3.63, 3.8) is 0 Å². The lowest BCUT2D eigenvalue weighted by molar-refractivity contribution is -0.141. The number of ether oxygens (including phenoxy) is 4. The monoisotopic (exact) mass is 499 g/mol. The second-order valence-corrected chi connectivity index (χ2v) is 7.88. The highest BCUT2D eigenvalue weighted by Gasteiger charge is 2.28. The molecule has 3 aromatic carbocycles. The molecule has 3 rings (SSSR count). The van der Waals surface area contributed by atoms with Gasteiger partial charge in [-0.1, -0.05) is 48.5 Å². The number of aliphatic hydroxyl groups excluding tert-OH is 1. The zero-order valence-corrected chi connectivity index (χ0v) is 20.3. The molecule has 9 heteroatoms. The Morgan fingerprint density at radius 3 is 2.57 bits per heavy atom. The number of aliphatic hydroxyl groups is 1. The maximum Gasteiger partial charge on any atom is 0.412 e. The van der Waals surface area contributed by atoms with Gasteiger partial charge >= 0.3 is 12.1 Å². The van der Waals surface area contributed by atoms with Crippen LogP contribution in [0.3, 0.4) is 0 Å². The van der Waals surface area contributed by atoms with E-state index in [0.717, 1.165) is 10.8 Å². The van der Waals surface area contributed by atoms with E-state index >= 15 is 0 Å². The van der Waals surface area contributed by atoms with Crippen LogP contribution in [0.1, 0.15) is 18.1 Å². The van der Waals surface area contributed by atoms with E-state index in [1.165, 1.54) is 7.11 Å². The molecular formula is C26H29NO7S. The van der Waals surface area contributed by atoms with Crippen LogP contribution in [0.2, 0.25) is 0 Å². The van der Waals surface area contributed by atoms with Crippen LogP contribution in [0, 0.1) is 0 Å². The lowest BCUT2D eigenvalue weighted by Gasteiger charge is -2.27. The molecule has 2 N–H and O–H groups in total. The Labute approximate surface area is 209 Å². The fourth-order valence-corrected chi connectivity index (χ4v) is 3.71. The third kappa shape index (κ3) is 7.61. The largest absolute Gasteiger partial charge is 0.491 e. The molecule has 0 fully saturated rings. The van der Waals surface area contributed by atoms with Crippen LogP contribution in [-0.2, 0) is 19.0 Å². The van der Waals surface area contributed by atoms with Crippen molar-refractivity contribution in [3.8, 4) is 5.75 Å². The van der Waals surface area contributed by atoms with E-state index in [2.05, 4.69) is 17.9 Å². The first-order valence-corrected chi connectivity index (χ1v) is 11.8. The number of fused-ring (bicyclic) bond motifs is 1. The number of methoxy groups -OCH3 is 1. The Balaban J connectivity index is 1.82. The number of carbonyl (C=O) groups is 2. The number of hydrogen-bond donors (Lipinski definition) is 3. The Morgan fingerprint density at radius 2 is 1.80 bits per heavy atom. The van der Waals surface area contributed by atoms with Gasteiger partial charge in [0.1, 0.15) is 18.5 Å². The first-order chi connectivity index (χ1) is 17.0. The fraction of sp³-hybridized carbons (Fsp3) is 0.308. The number of amides is 1. The molecule has 8 nitrogen and oxygen atoms in total. The number of hydrogen-bond acceptors (Lipinski definition) is 8. The van der Waals surface area contributed by atoms with Crippen LogP contribution in [0.5, 0.6) is 5.75 Å². The van der Waals surface area contributed by atoms with E-state index in [1.807, 2.05) is 36.4 Å². The van der Waals surface area contributed by atoms with E-state index in [0.29, 0.717) is 17.0 Å². The van der Waals surface area contributed by atoms with Crippen molar-refractivity contribution in [1.29, 1.82) is 0 Å². The van der Waals surface area contributed by atoms with Crippen LogP contribution in [0.4, 0.5) is 10.5 Å². The van der Waals surface area contributed by atoms with Gasteiger partial charge in [-0.3, -0.25) is 10.1 Å². The van der Waals surface area contributed by atoms with Crippen LogP contribution >= 0.6 is 12.6 Å². The molecule has 0 unspecified atom stereocenters. The topological polar surface area (TPSA) is 103 Å². The van der Waals surface area contributed by atoms with Crippen LogP contribution in [-0.4, -0.2) is 56.0 Å². The van der Waals surface area contributed by atoms with Crippen molar-refractivity contribution in [3.05, 3.63) is 72.3 Å². The number of rotatable bonds is 12. The summed E-state index contributed by atoms with van der Waals surface area (Å²) < 4.78 is 22.1. The Hall–Kier alpha value is -3.27. The van der Waals surface area contributed by atoms with Gasteiger partial charge in [-0.25, -0.2) is 4.79 Å². The summed E-state index contributed by atoms with van der Waals surface area (Å²) in [6.45, 7) is 0.0716. The van der Waals surface area contributed by atoms with Crippen molar-refractivity contribution in [1.82, 2.24) is 0 Å². The number of nitrogens with one attached hydrogen (secondary N) is 1. The van der Waals surface area contributed by atoms with Crippen LogP contribution < -0.4 is 10.1 Å². The minimum Gasteiger partial charge on any atom is -0.491 e. The van der Waals surface area contributed by atoms with Crippen molar-refractivity contribution in [2.45, 2.75) is 18.6 Å². The van der Waals surface area contributed by atoms with Crippen molar-refractivity contribution < 1.29 is 33.6 Å². The molecule has 0 saturated carbocycles. The molecule has 0 aromatic heterocycles. The quantitative estimate of drug-likeness (QED) is 0.251. The summed E-state index contributed by atoms with van der Waals surface area (Å²) in [6, 6.07) is 20.3. The van der Waals surface area contributed by atoms with E-state index in [4.69, 9.17) is 24.1 Å². The van der Waals surface area contributed by atoms with Gasteiger partial charge in [-0.05, 0) is 29.1 Å². The van der Waals surface area contributed by atoms with Crippen molar-refractivity contribution in [2.24, 2.45) is 0 Å². The first-order valence-electron chi connectivity index (χ1n) is 11.1. The van der Waals surface area contributed by atoms with E-state index in [9.17, 15) is 9.59 Å². The van der Waals surface area contributed by atoms with Crippen molar-refractivity contribution in [2.75, 3.05) is 38.0 Å². The van der Waals surface area contributed by atoms with E-state index < -0.39 is 24.3 Å². The molecule has 0 aliphatic rings. The molecule has 0 aliphatic carbocycles. The molecule has 0 bridgehead atoms. The zero-order chi connectivity index (χ0) is 25.0. The van der Waals surface area contributed by atoms with Gasteiger partial charge < -0.3 is 24.1 Å². The molecule has 3 aromatic rings. The first kappa shape index (κ1) is 26.3. The van der Waals surface area contributed by atoms with Gasteiger partial charge in [0.05, 0.1) is 24.7 Å². The van der Waals surface area contributed by atoms with Gasteiger partial charge in [0.2, 0.25) is 0 Å². The second-order valence-electron chi connectivity index (χ2n) is 7.56. The minimum atomic E-state index is -0.831. The lowest BCUT2D eigenvalue weighted by atomic mass is 10.0. The summed E-state index contributed by atoms with van der Waals surface area (Å²) in [4.78, 5) is 24.5. The number of anilines is 1. The molecule has 2 atom stereocenters. The zero-order valence-electron chi connectivity index (χ0n) is 19.4. The Kier molecular flexibility index (Phi) is 10.2. The van der Waals surface area contributed by atoms with E-state index in [1.54, 1.807) is 30.3 Å². The summed E-state index contributed by atoms with van der Waals surface area (Å²) in [5, 5.41) is 13.7. The third-order valence-corrected chi connectivity index (χ3v) is 5.50. The number of benzene rings is 3. The molecular weight excluding hydrogens is 470 g/mol. The lowest BCUT2D eigenvalue weighted by Crippen LogP contribution is -2.29. The average molecular weight is 500 g/mol. The third-order valence-electron chi connectivity index (χ3n) is 5.24. The van der Waals surface area contributed by atoms with Crippen LogP contribution in [0.15, 0.2) is 66.7 Å². The number of carbonyl (C=O) groups excluding carboxylic acids is 2. The smallest absolute Gasteiger partial charge is 0.412 e. The van der Waals surface area contributed by atoms with Crippen LogP contribution in [0.25, 0.3) is 10.8 Å². The average Bonchev–Trinajstić information content (AvgIpc) is 2.89. The number of esters is 1. The molecule has 0 saturated heterocycles. The van der Waals surface area contributed by atoms with Gasteiger partial charge in [-0.15, -0.1) is 0 Å². The second kappa shape index (κ2) is 13.6. The predicted molar refractivity (Wildman–Crippen MR) is 136 cm³/mol. The molecule has 35 heavy (non-hydrogen) atoms. The molecule has 0 heterocycles. The van der Waals surface area contributed by atoms with Gasteiger partial charge in [0, 0.05) is 18.9 Å². The summed E-state index contributed by atoms with van der Waals surface area (Å²) in [7, 11) is 1.50. The highest BCUT2D eigenvalue weighted by molar-refractivity contribution is 7.81. The standard InChI is InChI=1S/C26H29NO7S/c1-31-23(12-14-33-24(29)17-35)25(19-8-4-9-20(16-19)32-15-13-28)34-26(30)27-22-11-5-7-18-6-2-3-10-21(18)22/h2-11,16,23,25,28,35H,12-15,17H2,1H3,(H,27,30)/t23-,25-/m1/s1. The minimum absolute atomic E-state index is 0.0325. The summed E-state index contributed by atoms with van der Waals surface area (Å²) in [5.74, 6) is 0.0274. The molecule has 0 spiro atoms. The molecule has 186 valence electrons. The summed E-state index contributed by atoms with van der Waals surface area (Å²) >= 11 is 3.90. The maximum atomic E-state index is 13.0. The SMILES string of the molecule is CO[C@H](CCOC(=O)CS)[C@H](OC(=O)Nc1cccc2ccccc12)c1cccc(OCCO)c1. The van der Waals surface area contributed by atoms with E-state index in [-0.39, 0.29) is 32.0 Å². The molecule has 0 aliphatic heterocycles. The van der Waals surface area contributed by atoms with Gasteiger partial charge in [-0.2, -0.15) is 12.6 Å². The Bertz CT molecular complexity index is 1120. The molecule has 0 radical (unpaired) electrons. The Morgan fingerprint density at radius 1 is 1.03 bits per heavy atom. The highest BCUT2D eigenvalue weighted by atomic mass is 32.1. The summed E-state index contributed by atoms with van der Waals surface area (Å²) in [6.07, 6.45) is -1.83. The summed E-state index contributed by atoms with van der Waals surface area (Å²) in [5.41, 5.74) is 1.24. The van der Waals surface area contributed by atoms with Crippen molar-refractivity contribution >= 4 is 41.2 Å². The normalized spacial score (nSPS) is 12.5. The molecule has 1 amide bonds. The highest BCUT2D eigenvalue weighted by Crippen LogP contribution is 2.30. The maximum absolute atomic E-state index is 13.0.